The Bertz CT molecular complexity index is 478. The highest BCUT2D eigenvalue weighted by molar-refractivity contribution is 7.15. The van der Waals surface area contributed by atoms with E-state index in [1.165, 1.54) is 17.4 Å². The molecule has 1 aromatic heterocycles. The molecule has 2 aromatic rings. The quantitative estimate of drug-likeness (QED) is 0.917. The lowest BCUT2D eigenvalue weighted by atomic mass is 10.2. The molecule has 0 aliphatic heterocycles. The Morgan fingerprint density at radius 3 is 2.94 bits per heavy atom. The van der Waals surface area contributed by atoms with E-state index >= 15 is 0 Å². The molecule has 1 heterocycles. The van der Waals surface area contributed by atoms with Crippen molar-refractivity contribution in [1.29, 1.82) is 0 Å². The Kier molecular flexibility index (Phi) is 3.53. The van der Waals surface area contributed by atoms with Crippen molar-refractivity contribution in [2.45, 2.75) is 6.42 Å². The van der Waals surface area contributed by atoms with Gasteiger partial charge in [-0.1, -0.05) is 17.7 Å². The zero-order chi connectivity index (χ0) is 11.5. The van der Waals surface area contributed by atoms with E-state index < -0.39 is 0 Å². The minimum Gasteiger partial charge on any atom is -0.330 e. The van der Waals surface area contributed by atoms with Crippen molar-refractivity contribution in [3.05, 3.63) is 40.1 Å². The Balaban J connectivity index is 2.42. The molecule has 84 valence electrons. The van der Waals surface area contributed by atoms with E-state index in [1.807, 2.05) is 0 Å². The molecule has 16 heavy (non-hydrogen) atoms. The summed E-state index contributed by atoms with van der Waals surface area (Å²) < 4.78 is 13.6. The molecule has 0 unspecified atom stereocenters. The van der Waals surface area contributed by atoms with Crippen molar-refractivity contribution in [2.75, 3.05) is 6.54 Å². The second-order valence-electron chi connectivity index (χ2n) is 3.27. The fourth-order valence-corrected chi connectivity index (χ4v) is 2.68. The molecule has 2 rings (SSSR count). The summed E-state index contributed by atoms with van der Waals surface area (Å²) in [6, 6.07) is 4.62. The highest BCUT2D eigenvalue weighted by Crippen LogP contribution is 2.33. The van der Waals surface area contributed by atoms with Gasteiger partial charge in [0.1, 0.15) is 10.8 Å². The summed E-state index contributed by atoms with van der Waals surface area (Å²) >= 11 is 7.38. The van der Waals surface area contributed by atoms with Gasteiger partial charge in [0.2, 0.25) is 0 Å². The van der Waals surface area contributed by atoms with E-state index in [-0.39, 0.29) is 5.82 Å². The third-order valence-electron chi connectivity index (χ3n) is 2.12. The molecule has 0 amide bonds. The lowest BCUT2D eigenvalue weighted by Crippen LogP contribution is -2.00. The van der Waals surface area contributed by atoms with Crippen LogP contribution in [-0.4, -0.2) is 11.5 Å². The highest BCUT2D eigenvalue weighted by Gasteiger charge is 2.13. The number of thiazole rings is 1. The molecule has 2 nitrogen and oxygen atoms in total. The molecular formula is C11H10ClFN2S. The van der Waals surface area contributed by atoms with E-state index in [1.54, 1.807) is 18.3 Å². The van der Waals surface area contributed by atoms with Crippen LogP contribution in [0.15, 0.2) is 24.4 Å². The summed E-state index contributed by atoms with van der Waals surface area (Å²) in [5, 5.41) is 0.986. The standard InChI is InChI=1S/C11H10ClFN2S/c12-8-2-1-3-9(13)10(8)11-15-6-7(16-11)4-5-14/h1-3,6H,4-5,14H2. The van der Waals surface area contributed by atoms with Crippen LogP contribution in [0.5, 0.6) is 0 Å². The molecule has 0 aliphatic rings. The van der Waals surface area contributed by atoms with Gasteiger partial charge >= 0.3 is 0 Å². The van der Waals surface area contributed by atoms with Gasteiger partial charge in [0.25, 0.3) is 0 Å². The lowest BCUT2D eigenvalue weighted by Gasteiger charge is -2.00. The van der Waals surface area contributed by atoms with E-state index in [0.717, 1.165) is 11.3 Å². The number of aromatic nitrogens is 1. The van der Waals surface area contributed by atoms with Crippen molar-refractivity contribution >= 4 is 22.9 Å². The summed E-state index contributed by atoms with van der Waals surface area (Å²) in [5.74, 6) is -0.346. The minimum atomic E-state index is -0.346. The number of hydrogen-bond acceptors (Lipinski definition) is 3. The van der Waals surface area contributed by atoms with Crippen LogP contribution in [0.4, 0.5) is 4.39 Å². The molecule has 0 radical (unpaired) electrons. The Morgan fingerprint density at radius 1 is 1.44 bits per heavy atom. The Morgan fingerprint density at radius 2 is 2.25 bits per heavy atom. The molecule has 0 spiro atoms. The molecule has 2 N–H and O–H groups in total. The molecule has 0 fully saturated rings. The van der Waals surface area contributed by atoms with Crippen LogP contribution in [-0.2, 0) is 6.42 Å². The van der Waals surface area contributed by atoms with E-state index in [9.17, 15) is 4.39 Å². The van der Waals surface area contributed by atoms with Gasteiger partial charge in [-0.25, -0.2) is 9.37 Å². The van der Waals surface area contributed by atoms with Gasteiger partial charge in [0, 0.05) is 11.1 Å². The van der Waals surface area contributed by atoms with Crippen LogP contribution < -0.4 is 5.73 Å². The van der Waals surface area contributed by atoms with Crippen LogP contribution in [0.2, 0.25) is 5.02 Å². The highest BCUT2D eigenvalue weighted by atomic mass is 35.5. The Labute approximate surface area is 102 Å². The first-order valence-corrected chi connectivity index (χ1v) is 6.01. The summed E-state index contributed by atoms with van der Waals surface area (Å²) in [5.41, 5.74) is 5.82. The molecule has 0 aliphatic carbocycles. The first kappa shape index (κ1) is 11.5. The maximum atomic E-state index is 13.6. The van der Waals surface area contributed by atoms with Gasteiger partial charge in [0.05, 0.1) is 10.6 Å². The zero-order valence-corrected chi connectivity index (χ0v) is 9.98. The summed E-state index contributed by atoms with van der Waals surface area (Å²) in [6.07, 6.45) is 2.47. The number of rotatable bonds is 3. The van der Waals surface area contributed by atoms with E-state index in [0.29, 0.717) is 22.1 Å². The van der Waals surface area contributed by atoms with Gasteiger partial charge in [-0.05, 0) is 25.1 Å². The number of hydrogen-bond donors (Lipinski definition) is 1. The second-order valence-corrected chi connectivity index (χ2v) is 4.79. The minimum absolute atomic E-state index is 0.346. The molecule has 0 saturated carbocycles. The lowest BCUT2D eigenvalue weighted by molar-refractivity contribution is 0.631. The average molecular weight is 257 g/mol. The van der Waals surface area contributed by atoms with Crippen LogP contribution in [0, 0.1) is 5.82 Å². The fourth-order valence-electron chi connectivity index (χ4n) is 1.38. The third kappa shape index (κ3) is 2.24. The Hall–Kier alpha value is -0.970. The predicted molar refractivity (Wildman–Crippen MR) is 65.3 cm³/mol. The monoisotopic (exact) mass is 256 g/mol. The van der Waals surface area contributed by atoms with Gasteiger partial charge in [0.15, 0.2) is 0 Å². The smallest absolute Gasteiger partial charge is 0.134 e. The van der Waals surface area contributed by atoms with E-state index in [4.69, 9.17) is 17.3 Å². The van der Waals surface area contributed by atoms with Crippen LogP contribution in [0.3, 0.4) is 0 Å². The largest absolute Gasteiger partial charge is 0.330 e. The predicted octanol–water partition coefficient (Wildman–Crippen LogP) is 3.10. The number of nitrogens with two attached hydrogens (primary N) is 1. The van der Waals surface area contributed by atoms with Crippen molar-refractivity contribution < 1.29 is 4.39 Å². The first-order valence-electron chi connectivity index (χ1n) is 4.81. The molecular weight excluding hydrogens is 247 g/mol. The second kappa shape index (κ2) is 4.91. The molecule has 5 heteroatoms. The van der Waals surface area contributed by atoms with Crippen LogP contribution >= 0.6 is 22.9 Å². The maximum Gasteiger partial charge on any atom is 0.134 e. The van der Waals surface area contributed by atoms with Crippen molar-refractivity contribution in [3.63, 3.8) is 0 Å². The maximum absolute atomic E-state index is 13.6. The molecule has 0 saturated heterocycles. The summed E-state index contributed by atoms with van der Waals surface area (Å²) in [4.78, 5) is 5.20. The zero-order valence-electron chi connectivity index (χ0n) is 8.41. The van der Waals surface area contributed by atoms with Crippen molar-refractivity contribution in [3.8, 4) is 10.6 Å². The van der Waals surface area contributed by atoms with Crippen LogP contribution in [0.25, 0.3) is 10.6 Å². The van der Waals surface area contributed by atoms with Gasteiger partial charge in [-0.3, -0.25) is 0 Å². The normalized spacial score (nSPS) is 10.7. The number of halogens is 2. The topological polar surface area (TPSA) is 38.9 Å². The van der Waals surface area contributed by atoms with Gasteiger partial charge in [-0.2, -0.15) is 0 Å². The van der Waals surface area contributed by atoms with E-state index in [2.05, 4.69) is 4.98 Å². The van der Waals surface area contributed by atoms with Gasteiger partial charge in [-0.15, -0.1) is 11.3 Å². The molecule has 0 bridgehead atoms. The van der Waals surface area contributed by atoms with Crippen LogP contribution in [0.1, 0.15) is 4.88 Å². The van der Waals surface area contributed by atoms with Crippen molar-refractivity contribution in [2.24, 2.45) is 5.73 Å². The summed E-state index contributed by atoms with van der Waals surface area (Å²) in [7, 11) is 0. The SMILES string of the molecule is NCCc1cnc(-c2c(F)cccc2Cl)s1. The number of nitrogens with zero attached hydrogens (tertiary/aromatic N) is 1. The molecule has 1 aromatic carbocycles. The fraction of sp³-hybridized carbons (Fsp3) is 0.182. The average Bonchev–Trinajstić information content (AvgIpc) is 2.67. The van der Waals surface area contributed by atoms with Gasteiger partial charge < -0.3 is 5.73 Å². The molecule has 0 atom stereocenters. The van der Waals surface area contributed by atoms with Crippen molar-refractivity contribution in [1.82, 2.24) is 4.98 Å². The number of benzene rings is 1. The first-order chi connectivity index (χ1) is 7.72. The third-order valence-corrected chi connectivity index (χ3v) is 3.51. The summed E-state index contributed by atoms with van der Waals surface area (Å²) in [6.45, 7) is 0.562.